The topological polar surface area (TPSA) is 66.9 Å². The van der Waals surface area contributed by atoms with Crippen LogP contribution in [0.2, 0.25) is 0 Å². The molecule has 0 atom stereocenters. The zero-order valence-corrected chi connectivity index (χ0v) is 12.9. The van der Waals surface area contributed by atoms with Gasteiger partial charge in [0.15, 0.2) is 5.16 Å². The molecule has 0 fully saturated rings. The summed E-state index contributed by atoms with van der Waals surface area (Å²) in [6.45, 7) is 5.27. The molecule has 1 aromatic heterocycles. The number of hydrogen-bond donors (Lipinski definition) is 2. The van der Waals surface area contributed by atoms with Gasteiger partial charge in [0.25, 0.3) is 0 Å². The van der Waals surface area contributed by atoms with Crippen molar-refractivity contribution in [1.82, 2.24) is 15.3 Å². The molecule has 0 saturated heterocycles. The molecular formula is C15H18N4OS. The number of nitrogens with one attached hydrogen (secondary N) is 2. The average molecular weight is 302 g/mol. The minimum absolute atomic E-state index is 0.0741. The molecule has 5 nitrogen and oxygen atoms in total. The Morgan fingerprint density at radius 2 is 1.86 bits per heavy atom. The molecule has 0 aliphatic rings. The lowest BCUT2D eigenvalue weighted by Crippen LogP contribution is -2.12. The zero-order chi connectivity index (χ0) is 15.1. The van der Waals surface area contributed by atoms with Crippen molar-refractivity contribution in [3.05, 3.63) is 42.2 Å². The minimum Gasteiger partial charge on any atom is -0.326 e. The molecule has 1 aromatic carbocycles. The predicted octanol–water partition coefficient (Wildman–Crippen LogP) is 2.70. The Morgan fingerprint density at radius 1 is 1.19 bits per heavy atom. The number of amides is 1. The highest BCUT2D eigenvalue weighted by atomic mass is 32.2. The molecule has 0 saturated carbocycles. The Kier molecular flexibility index (Phi) is 5.71. The van der Waals surface area contributed by atoms with E-state index in [2.05, 4.69) is 27.5 Å². The molecule has 2 rings (SSSR count). The number of carbonyl (C=O) groups excluding carboxylic acids is 1. The van der Waals surface area contributed by atoms with Gasteiger partial charge in [0.2, 0.25) is 5.91 Å². The van der Waals surface area contributed by atoms with Crippen molar-refractivity contribution < 1.29 is 4.79 Å². The summed E-state index contributed by atoms with van der Waals surface area (Å²) in [4.78, 5) is 20.7. The van der Waals surface area contributed by atoms with Crippen LogP contribution in [0.25, 0.3) is 0 Å². The fourth-order valence-electron chi connectivity index (χ4n) is 1.67. The largest absolute Gasteiger partial charge is 0.326 e. The molecule has 2 aromatic rings. The van der Waals surface area contributed by atoms with E-state index in [0.717, 1.165) is 29.2 Å². The van der Waals surface area contributed by atoms with Crippen molar-refractivity contribution in [2.75, 3.05) is 11.9 Å². The number of carbonyl (C=O) groups is 1. The maximum atomic E-state index is 11.0. The van der Waals surface area contributed by atoms with Gasteiger partial charge in [-0.1, -0.05) is 6.92 Å². The fourth-order valence-corrected chi connectivity index (χ4v) is 2.37. The van der Waals surface area contributed by atoms with E-state index in [0.29, 0.717) is 5.16 Å². The lowest BCUT2D eigenvalue weighted by Gasteiger charge is -2.05. The predicted molar refractivity (Wildman–Crippen MR) is 84.3 cm³/mol. The van der Waals surface area contributed by atoms with Crippen molar-refractivity contribution in [3.63, 3.8) is 0 Å². The van der Waals surface area contributed by atoms with Gasteiger partial charge < -0.3 is 10.6 Å². The average Bonchev–Trinajstić information content (AvgIpc) is 2.48. The third-order valence-electron chi connectivity index (χ3n) is 2.64. The molecule has 6 heteroatoms. The van der Waals surface area contributed by atoms with Crippen LogP contribution < -0.4 is 10.6 Å². The Balaban J connectivity index is 1.96. The fraction of sp³-hybridized carbons (Fsp3) is 0.267. The van der Waals surface area contributed by atoms with Crippen molar-refractivity contribution in [3.8, 4) is 0 Å². The van der Waals surface area contributed by atoms with Gasteiger partial charge >= 0.3 is 0 Å². The van der Waals surface area contributed by atoms with E-state index >= 15 is 0 Å². The Morgan fingerprint density at radius 3 is 2.43 bits per heavy atom. The van der Waals surface area contributed by atoms with Crippen LogP contribution in [0.4, 0.5) is 5.69 Å². The zero-order valence-electron chi connectivity index (χ0n) is 12.1. The first kappa shape index (κ1) is 15.5. The molecular weight excluding hydrogens is 284 g/mol. The highest BCUT2D eigenvalue weighted by Crippen LogP contribution is 2.25. The summed E-state index contributed by atoms with van der Waals surface area (Å²) in [5, 5.41) is 6.68. The highest BCUT2D eigenvalue weighted by molar-refractivity contribution is 7.99. The van der Waals surface area contributed by atoms with Gasteiger partial charge in [-0.2, -0.15) is 0 Å². The summed E-state index contributed by atoms with van der Waals surface area (Å²) in [6.07, 6.45) is 3.67. The van der Waals surface area contributed by atoms with Gasteiger partial charge in [0, 0.05) is 42.0 Å². The normalized spacial score (nSPS) is 10.4. The maximum absolute atomic E-state index is 11.0. The van der Waals surface area contributed by atoms with E-state index in [1.54, 1.807) is 0 Å². The molecule has 0 aliphatic carbocycles. The van der Waals surface area contributed by atoms with E-state index in [4.69, 9.17) is 0 Å². The summed E-state index contributed by atoms with van der Waals surface area (Å²) < 4.78 is 0. The third kappa shape index (κ3) is 5.17. The monoisotopic (exact) mass is 302 g/mol. The molecule has 2 N–H and O–H groups in total. The first-order valence-corrected chi connectivity index (χ1v) is 7.56. The van der Waals surface area contributed by atoms with E-state index in [-0.39, 0.29) is 5.91 Å². The van der Waals surface area contributed by atoms with Crippen LogP contribution in [-0.4, -0.2) is 22.4 Å². The summed E-state index contributed by atoms with van der Waals surface area (Å²) in [5.41, 5.74) is 1.86. The van der Waals surface area contributed by atoms with Crippen LogP contribution in [0.3, 0.4) is 0 Å². The number of aromatic nitrogens is 2. The van der Waals surface area contributed by atoms with Gasteiger partial charge in [0.05, 0.1) is 0 Å². The summed E-state index contributed by atoms with van der Waals surface area (Å²) in [5.74, 6) is -0.0741. The van der Waals surface area contributed by atoms with Crippen molar-refractivity contribution >= 4 is 23.4 Å². The van der Waals surface area contributed by atoms with Crippen LogP contribution >= 0.6 is 11.8 Å². The van der Waals surface area contributed by atoms with Gasteiger partial charge in [-0.05, 0) is 42.6 Å². The van der Waals surface area contributed by atoms with Crippen molar-refractivity contribution in [2.24, 2.45) is 0 Å². The Labute approximate surface area is 128 Å². The molecule has 0 bridgehead atoms. The minimum atomic E-state index is -0.0741. The van der Waals surface area contributed by atoms with Crippen LogP contribution in [0.15, 0.2) is 46.7 Å². The smallest absolute Gasteiger partial charge is 0.221 e. The quantitative estimate of drug-likeness (QED) is 0.803. The number of benzene rings is 1. The van der Waals surface area contributed by atoms with E-state index in [1.165, 1.54) is 18.7 Å². The highest BCUT2D eigenvalue weighted by Gasteiger charge is 2.02. The van der Waals surface area contributed by atoms with Crippen molar-refractivity contribution in [2.45, 2.75) is 30.4 Å². The molecule has 1 heterocycles. The van der Waals surface area contributed by atoms with Crippen LogP contribution in [-0.2, 0) is 11.3 Å². The SMILES string of the molecule is CCNCc1cnc(Sc2ccc(NC(C)=O)cc2)nc1. The first-order chi connectivity index (χ1) is 10.2. The van der Waals surface area contributed by atoms with Crippen LogP contribution in [0.1, 0.15) is 19.4 Å². The summed E-state index contributed by atoms with van der Waals surface area (Å²) in [7, 11) is 0. The maximum Gasteiger partial charge on any atom is 0.221 e. The third-order valence-corrected chi connectivity index (χ3v) is 3.55. The van der Waals surface area contributed by atoms with E-state index in [1.807, 2.05) is 36.7 Å². The lowest BCUT2D eigenvalue weighted by molar-refractivity contribution is -0.114. The molecule has 0 spiro atoms. The summed E-state index contributed by atoms with van der Waals surface area (Å²) in [6, 6.07) is 7.60. The first-order valence-electron chi connectivity index (χ1n) is 6.74. The molecule has 0 unspecified atom stereocenters. The second kappa shape index (κ2) is 7.75. The molecule has 110 valence electrons. The standard InChI is InChI=1S/C15H18N4OS/c1-3-16-8-12-9-17-15(18-10-12)21-14-6-4-13(5-7-14)19-11(2)20/h4-7,9-10,16H,3,8H2,1-2H3,(H,19,20). The van der Waals surface area contributed by atoms with Crippen LogP contribution in [0.5, 0.6) is 0 Å². The van der Waals surface area contributed by atoms with Gasteiger partial charge in [0.1, 0.15) is 0 Å². The Hall–Kier alpha value is -1.92. The Bertz CT molecular complexity index is 584. The second-order valence-electron chi connectivity index (χ2n) is 4.46. The number of anilines is 1. The number of rotatable bonds is 6. The molecule has 21 heavy (non-hydrogen) atoms. The lowest BCUT2D eigenvalue weighted by atomic mass is 10.3. The van der Waals surface area contributed by atoms with Gasteiger partial charge in [-0.25, -0.2) is 9.97 Å². The second-order valence-corrected chi connectivity index (χ2v) is 5.50. The molecule has 1 amide bonds. The van der Waals surface area contributed by atoms with Crippen LogP contribution in [0, 0.1) is 0 Å². The number of hydrogen-bond acceptors (Lipinski definition) is 5. The van der Waals surface area contributed by atoms with E-state index in [9.17, 15) is 4.79 Å². The van der Waals surface area contributed by atoms with E-state index < -0.39 is 0 Å². The molecule has 0 radical (unpaired) electrons. The number of nitrogens with zero attached hydrogens (tertiary/aromatic N) is 2. The molecule has 0 aliphatic heterocycles. The van der Waals surface area contributed by atoms with Gasteiger partial charge in [-0.3, -0.25) is 4.79 Å². The summed E-state index contributed by atoms with van der Waals surface area (Å²) >= 11 is 1.49. The van der Waals surface area contributed by atoms with Gasteiger partial charge in [-0.15, -0.1) is 0 Å². The van der Waals surface area contributed by atoms with Crippen molar-refractivity contribution in [1.29, 1.82) is 0 Å².